The molecular weight excluding hydrogens is 357 g/mol. The normalized spacial score (nSPS) is 15.4. The lowest BCUT2D eigenvalue weighted by atomic mass is 9.99. The summed E-state index contributed by atoms with van der Waals surface area (Å²) >= 11 is 0. The predicted octanol–water partition coefficient (Wildman–Crippen LogP) is 3.96. The van der Waals surface area contributed by atoms with Crippen LogP contribution in [0.15, 0.2) is 36.4 Å². The van der Waals surface area contributed by atoms with E-state index < -0.39 is 12.1 Å². The molecule has 1 amide bonds. The van der Waals surface area contributed by atoms with Crippen LogP contribution in [0.4, 0.5) is 24.5 Å². The highest BCUT2D eigenvalue weighted by Crippen LogP contribution is 2.35. The number of amides is 1. The largest absolute Gasteiger partial charge is 0.492 e. The summed E-state index contributed by atoms with van der Waals surface area (Å²) in [6.45, 7) is 0.832. The Morgan fingerprint density at radius 2 is 2.11 bits per heavy atom. The van der Waals surface area contributed by atoms with E-state index in [2.05, 4.69) is 11.7 Å². The lowest BCUT2D eigenvalue weighted by molar-refractivity contribution is -0.170. The lowest BCUT2D eigenvalue weighted by Crippen LogP contribution is -2.41. The Kier molecular flexibility index (Phi) is 4.45. The summed E-state index contributed by atoms with van der Waals surface area (Å²) in [6, 6.07) is 10.1. The molecule has 0 atom stereocenters. The molecule has 2 heterocycles. The van der Waals surface area contributed by atoms with E-state index in [9.17, 15) is 18.0 Å². The van der Waals surface area contributed by atoms with E-state index >= 15 is 0 Å². The van der Waals surface area contributed by atoms with Gasteiger partial charge in [-0.25, -0.2) is 0 Å². The molecule has 0 aromatic heterocycles. The van der Waals surface area contributed by atoms with Gasteiger partial charge in [-0.15, -0.1) is 0 Å². The van der Waals surface area contributed by atoms with Gasteiger partial charge < -0.3 is 10.1 Å². The molecule has 2 aromatic carbocycles. The Morgan fingerprint density at radius 1 is 1.26 bits per heavy atom. The maximum atomic E-state index is 13.3. The zero-order chi connectivity index (χ0) is 19.0. The number of hydrogen-bond donors (Lipinski definition) is 1. The highest BCUT2D eigenvalue weighted by molar-refractivity contribution is 5.97. The number of hydrogen-bond acceptors (Lipinski definition) is 3. The minimum Gasteiger partial charge on any atom is -0.492 e. The van der Waals surface area contributed by atoms with Crippen LogP contribution in [0.3, 0.4) is 0 Å². The SMILES string of the molecule is O=C(N(Cc1cccc2c1NCCC2)c1ccc2c(c1)OC[C]2)C(F)(F)F. The summed E-state index contributed by atoms with van der Waals surface area (Å²) in [5.74, 6) is -1.47. The molecule has 1 N–H and O–H groups in total. The minimum absolute atomic E-state index is 0.146. The monoisotopic (exact) mass is 374 g/mol. The fourth-order valence-electron chi connectivity index (χ4n) is 3.45. The molecule has 0 spiro atoms. The Balaban J connectivity index is 1.72. The van der Waals surface area contributed by atoms with Gasteiger partial charge in [0, 0.05) is 29.5 Å². The average Bonchev–Trinajstić information content (AvgIpc) is 3.12. The number of ether oxygens (including phenoxy) is 1. The third kappa shape index (κ3) is 3.46. The van der Waals surface area contributed by atoms with E-state index in [4.69, 9.17) is 4.74 Å². The van der Waals surface area contributed by atoms with Crippen LogP contribution in [0.5, 0.6) is 5.75 Å². The molecule has 2 radical (unpaired) electrons. The number of nitrogens with zero attached hydrogens (tertiary/aromatic N) is 1. The number of carbonyl (C=O) groups excluding carboxylic acids is 1. The second kappa shape index (κ2) is 6.79. The van der Waals surface area contributed by atoms with E-state index in [-0.39, 0.29) is 18.8 Å². The van der Waals surface area contributed by atoms with Crippen molar-refractivity contribution in [2.75, 3.05) is 23.4 Å². The standard InChI is InChI=1S/C20H17F3N2O2/c21-20(22,23)19(26)25(16-7-6-13-8-10-27-17(13)11-16)12-15-4-1-3-14-5-2-9-24-18(14)15/h1,3-4,6-7,11,24H,2,5,9-10,12H2. The van der Waals surface area contributed by atoms with Crippen LogP contribution in [0.2, 0.25) is 0 Å². The van der Waals surface area contributed by atoms with Crippen molar-refractivity contribution in [3.8, 4) is 5.75 Å². The Hall–Kier alpha value is -2.70. The van der Waals surface area contributed by atoms with Crippen LogP contribution in [-0.4, -0.2) is 25.2 Å². The quantitative estimate of drug-likeness (QED) is 0.884. The fraction of sp³-hybridized carbons (Fsp3) is 0.300. The topological polar surface area (TPSA) is 41.6 Å². The van der Waals surface area contributed by atoms with Crippen LogP contribution in [0, 0.1) is 6.42 Å². The number of rotatable bonds is 3. The van der Waals surface area contributed by atoms with Gasteiger partial charge in [0.2, 0.25) is 0 Å². The summed E-state index contributed by atoms with van der Waals surface area (Å²) in [6.07, 6.45) is -0.181. The molecule has 4 nitrogen and oxygen atoms in total. The molecule has 0 bridgehead atoms. The molecule has 27 heavy (non-hydrogen) atoms. The van der Waals surface area contributed by atoms with Gasteiger partial charge in [-0.2, -0.15) is 13.2 Å². The molecule has 0 saturated heterocycles. The molecular formula is C20H17F3N2O2. The van der Waals surface area contributed by atoms with Crippen molar-refractivity contribution >= 4 is 17.3 Å². The predicted molar refractivity (Wildman–Crippen MR) is 94.8 cm³/mol. The molecule has 0 unspecified atom stereocenters. The van der Waals surface area contributed by atoms with Gasteiger partial charge >= 0.3 is 12.1 Å². The number of anilines is 2. The Labute approximate surface area is 154 Å². The molecule has 0 aliphatic carbocycles. The van der Waals surface area contributed by atoms with Crippen LogP contribution in [0.25, 0.3) is 0 Å². The summed E-state index contributed by atoms with van der Waals surface area (Å²) in [5.41, 5.74) is 3.37. The second-order valence-corrected chi connectivity index (χ2v) is 6.52. The van der Waals surface area contributed by atoms with Crippen LogP contribution in [-0.2, 0) is 17.8 Å². The number of halogens is 3. The first-order chi connectivity index (χ1) is 12.9. The van der Waals surface area contributed by atoms with Gasteiger partial charge in [0.1, 0.15) is 12.4 Å². The van der Waals surface area contributed by atoms with Gasteiger partial charge in [-0.3, -0.25) is 9.69 Å². The smallest absolute Gasteiger partial charge is 0.471 e. The van der Waals surface area contributed by atoms with Crippen molar-refractivity contribution in [1.82, 2.24) is 0 Å². The number of para-hydroxylation sites is 1. The first kappa shape index (κ1) is 17.7. The molecule has 2 aliphatic heterocycles. The van der Waals surface area contributed by atoms with Crippen molar-refractivity contribution in [1.29, 1.82) is 0 Å². The summed E-state index contributed by atoms with van der Waals surface area (Å²) in [7, 11) is 0. The van der Waals surface area contributed by atoms with E-state index in [1.807, 2.05) is 12.1 Å². The lowest BCUT2D eigenvalue weighted by Gasteiger charge is -2.27. The fourth-order valence-corrected chi connectivity index (χ4v) is 3.45. The number of aryl methyl sites for hydroxylation is 1. The highest BCUT2D eigenvalue weighted by atomic mass is 19.4. The average molecular weight is 374 g/mol. The first-order valence-electron chi connectivity index (χ1n) is 8.67. The van der Waals surface area contributed by atoms with E-state index in [1.165, 1.54) is 12.1 Å². The van der Waals surface area contributed by atoms with Crippen molar-refractivity contribution in [2.24, 2.45) is 0 Å². The third-order valence-electron chi connectivity index (χ3n) is 4.74. The van der Waals surface area contributed by atoms with Crippen LogP contribution in [0.1, 0.15) is 23.1 Å². The number of benzene rings is 2. The molecule has 140 valence electrons. The van der Waals surface area contributed by atoms with Gasteiger partial charge in [-0.1, -0.05) is 24.3 Å². The number of alkyl halides is 3. The van der Waals surface area contributed by atoms with Crippen LogP contribution < -0.4 is 15.0 Å². The molecule has 0 fully saturated rings. The van der Waals surface area contributed by atoms with Crippen LogP contribution >= 0.6 is 0 Å². The zero-order valence-electron chi connectivity index (χ0n) is 14.4. The van der Waals surface area contributed by atoms with Crippen molar-refractivity contribution in [2.45, 2.75) is 25.6 Å². The molecule has 2 aromatic rings. The maximum Gasteiger partial charge on any atom is 0.471 e. The number of carbonyl (C=O) groups is 1. The molecule has 7 heteroatoms. The molecule has 2 aliphatic rings. The van der Waals surface area contributed by atoms with Gasteiger partial charge in [0.25, 0.3) is 0 Å². The van der Waals surface area contributed by atoms with E-state index in [0.29, 0.717) is 16.9 Å². The minimum atomic E-state index is -4.97. The maximum absolute atomic E-state index is 13.3. The van der Waals surface area contributed by atoms with Crippen molar-refractivity contribution in [3.05, 3.63) is 59.5 Å². The first-order valence-corrected chi connectivity index (χ1v) is 8.67. The number of nitrogens with one attached hydrogen (secondary N) is 1. The zero-order valence-corrected chi connectivity index (χ0v) is 14.4. The Bertz CT molecular complexity index is 880. The van der Waals surface area contributed by atoms with Gasteiger partial charge in [-0.05, 0) is 30.0 Å². The summed E-state index contributed by atoms with van der Waals surface area (Å²) in [5, 5.41) is 3.25. The van der Waals surface area contributed by atoms with E-state index in [1.54, 1.807) is 12.1 Å². The van der Waals surface area contributed by atoms with Crippen molar-refractivity contribution < 1.29 is 22.7 Å². The van der Waals surface area contributed by atoms with E-state index in [0.717, 1.165) is 35.5 Å². The highest BCUT2D eigenvalue weighted by Gasteiger charge is 2.43. The van der Waals surface area contributed by atoms with Gasteiger partial charge in [0.15, 0.2) is 0 Å². The Morgan fingerprint density at radius 3 is 2.93 bits per heavy atom. The number of fused-ring (bicyclic) bond motifs is 2. The molecule has 0 saturated carbocycles. The summed E-state index contributed by atoms with van der Waals surface area (Å²) in [4.78, 5) is 12.9. The second-order valence-electron chi connectivity index (χ2n) is 6.52. The third-order valence-corrected chi connectivity index (χ3v) is 4.74. The van der Waals surface area contributed by atoms with Gasteiger partial charge in [0.05, 0.1) is 13.0 Å². The van der Waals surface area contributed by atoms with Crippen molar-refractivity contribution in [3.63, 3.8) is 0 Å². The summed E-state index contributed by atoms with van der Waals surface area (Å²) < 4.78 is 45.1. The molecule has 4 rings (SSSR count).